The molecule has 398 valence electrons. The molecule has 8 aromatic rings. The predicted molar refractivity (Wildman–Crippen MR) is 340 cm³/mol. The van der Waals surface area contributed by atoms with E-state index in [4.69, 9.17) is 0 Å². The van der Waals surface area contributed by atoms with Gasteiger partial charge >= 0.3 is 50.5 Å². The number of hydrogen-bond acceptors (Lipinski definition) is 4. The molecule has 2 amide bonds. The Morgan fingerprint density at radius 1 is 0.579 bits per heavy atom. The molecule has 0 aliphatic heterocycles. The molecule has 2 heterocycles. The summed E-state index contributed by atoms with van der Waals surface area (Å²) in [4.78, 5) is 39.1. The molecule has 0 saturated heterocycles. The van der Waals surface area contributed by atoms with E-state index in [9.17, 15) is 28.3 Å². The van der Waals surface area contributed by atoms with Gasteiger partial charge in [0.15, 0.2) is 0 Å². The Kier molecular flexibility index (Phi) is 26.8. The Balaban J connectivity index is 0.000000260. The van der Waals surface area contributed by atoms with Crippen LogP contribution < -0.4 is 23.9 Å². The number of amides is 2. The number of aldehydes is 1. The Labute approximate surface area is 498 Å². The predicted octanol–water partition coefficient (Wildman–Crippen LogP) is 15.1. The zero-order valence-corrected chi connectivity index (χ0v) is 53.3. The van der Waals surface area contributed by atoms with E-state index in [1.807, 2.05) is 135 Å². The van der Waals surface area contributed by atoms with E-state index < -0.39 is 6.10 Å². The van der Waals surface area contributed by atoms with Crippen molar-refractivity contribution in [1.29, 1.82) is 0 Å². The van der Waals surface area contributed by atoms with Crippen LogP contribution in [0.25, 0.3) is 44.8 Å². The molecule has 1 atom stereocenters. The average molecular weight is 1590 g/mol. The molecule has 8 rings (SSSR count). The molecule has 0 aliphatic carbocycles. The molecular weight excluding hydrogens is 1530 g/mol. The number of aliphatic hydroxyl groups is 1. The van der Waals surface area contributed by atoms with E-state index in [1.165, 1.54) is 24.3 Å². The molecule has 0 spiro atoms. The molecule has 3 N–H and O–H groups in total. The molecule has 0 fully saturated rings. The minimum absolute atomic E-state index is 0.000152. The number of hydrogen-bond donors (Lipinski definition) is 3. The number of benzene rings is 6. The summed E-state index contributed by atoms with van der Waals surface area (Å²) in [6.07, 6.45) is 3.31. The topological polar surface area (TPSA) is 105 Å². The first-order chi connectivity index (χ1) is 36.8. The number of para-hydroxylation sites is 2. The normalized spacial score (nSPS) is 11.1. The van der Waals surface area contributed by atoms with Gasteiger partial charge in [-0.3, -0.25) is 9.59 Å². The first-order valence-corrected chi connectivity index (χ1v) is 43.3. The summed E-state index contributed by atoms with van der Waals surface area (Å²) in [7, 11) is 0. The first kappa shape index (κ1) is 62.5. The maximum absolute atomic E-state index is 14.0. The number of halogens is 7. The number of carbonyl (C=O) groups is 3. The number of nitrogens with one attached hydrogen (secondary N) is 2. The van der Waals surface area contributed by atoms with Gasteiger partial charge in [-0.2, -0.15) is 0 Å². The molecule has 0 saturated carbocycles. The van der Waals surface area contributed by atoms with Gasteiger partial charge in [-0.25, -0.2) is 8.78 Å². The van der Waals surface area contributed by atoms with Gasteiger partial charge in [-0.05, 0) is 120 Å². The summed E-state index contributed by atoms with van der Waals surface area (Å²) < 4.78 is 31.9. The number of nitrogens with zero attached hydrogens (tertiary/aromatic N) is 2. The Bertz CT molecular complexity index is 3080. The van der Waals surface area contributed by atoms with E-state index in [2.05, 4.69) is 115 Å². The first-order valence-electron chi connectivity index (χ1n) is 24.4. The molecule has 0 bridgehead atoms. The van der Waals surface area contributed by atoms with Crippen molar-refractivity contribution < 1.29 is 41.5 Å². The van der Waals surface area contributed by atoms with Crippen molar-refractivity contribution in [1.82, 2.24) is 9.13 Å². The molecule has 15 heteroatoms. The van der Waals surface area contributed by atoms with Crippen molar-refractivity contribution in [3.05, 3.63) is 217 Å². The fraction of sp³-hybridized carbons (Fsp3) is 0.197. The summed E-state index contributed by atoms with van der Waals surface area (Å²) in [5.41, 5.74) is 10.8. The number of anilines is 2. The Morgan fingerprint density at radius 3 is 1.25 bits per heavy atom. The van der Waals surface area contributed by atoms with Crippen LogP contribution in [-0.4, -0.2) is 38.4 Å². The zero-order chi connectivity index (χ0) is 55.1. The second-order valence-electron chi connectivity index (χ2n) is 17.9. The zero-order valence-electron chi connectivity index (χ0n) is 42.5. The molecule has 76 heavy (non-hydrogen) atoms. The number of carbonyl (C=O) groups excluding carboxylic acids is 3. The minimum atomic E-state index is -0.553. The van der Waals surface area contributed by atoms with E-state index in [1.54, 1.807) is 30.3 Å². The van der Waals surface area contributed by atoms with Crippen molar-refractivity contribution in [3.63, 3.8) is 0 Å². The summed E-state index contributed by atoms with van der Waals surface area (Å²) in [5, 5.41) is 16.6. The van der Waals surface area contributed by atoms with E-state index in [0.717, 1.165) is 62.4 Å². The van der Waals surface area contributed by atoms with Crippen molar-refractivity contribution in [3.8, 4) is 44.8 Å². The summed E-state index contributed by atoms with van der Waals surface area (Å²) in [6.45, 7) is 12.9. The van der Waals surface area contributed by atoms with Crippen LogP contribution in [0.2, 0.25) is 0 Å². The van der Waals surface area contributed by atoms with Gasteiger partial charge in [-0.15, -0.1) is 6.58 Å². The average Bonchev–Trinajstić information content (AvgIpc) is 4.02. The van der Waals surface area contributed by atoms with Gasteiger partial charge in [0.1, 0.15) is 17.9 Å². The standard InChI is InChI=1S/C32H33FN2O2.C29H27FN2O2.I3.I2/c1-4-11-27(36)20-21-35-30(22(2)3)29(32(37)34-26-14-9-6-10-15-26)28(23-12-7-5-8-13-23)31(35)24-16-18-25(33)19-17-24;1-20(2)27-26(29(34)31-24-12-7-4-8-13-24)25(21-10-5-3-6-11-21)28(32(27)18-9-19-33)22-14-16-23(30)17-15-22;1-3-2;1-2/h4-10,12-19,22,27,36H,1,11,20-21H2,2-3H3,(H,34,37);3-8,10-17,19-20H,9,18H2,1-2H3,(H,31,34);;/q;;-1;/t27-;;;/m0.../s1. The monoisotopic (exact) mass is 1580 g/mol. The van der Waals surface area contributed by atoms with Gasteiger partial charge in [0, 0.05) is 90.6 Å². The van der Waals surface area contributed by atoms with Gasteiger partial charge < -0.3 is 29.7 Å². The van der Waals surface area contributed by atoms with Crippen LogP contribution in [-0.2, 0) is 17.9 Å². The molecule has 0 unspecified atom stereocenters. The van der Waals surface area contributed by atoms with Crippen LogP contribution in [0.1, 0.15) is 90.9 Å². The molecule has 6 aromatic carbocycles. The Hall–Kier alpha value is -4.30. The quantitative estimate of drug-likeness (QED) is 0.0452. The van der Waals surface area contributed by atoms with Gasteiger partial charge in [0.05, 0.1) is 28.6 Å². The maximum atomic E-state index is 14.0. The third-order valence-corrected chi connectivity index (χ3v) is 12.2. The van der Waals surface area contributed by atoms with Crippen molar-refractivity contribution in [2.45, 2.75) is 78.0 Å². The molecule has 2 aromatic heterocycles. The van der Waals surface area contributed by atoms with Gasteiger partial charge in [0.25, 0.3) is 11.8 Å². The molecule has 0 aliphatic rings. The van der Waals surface area contributed by atoms with Crippen LogP contribution >= 0.6 is 74.5 Å². The van der Waals surface area contributed by atoms with Gasteiger partial charge in [-0.1, -0.05) is 131 Å². The fourth-order valence-electron chi connectivity index (χ4n) is 9.19. The molecule has 8 nitrogen and oxygen atoms in total. The van der Waals surface area contributed by atoms with Crippen molar-refractivity contribution >= 4 is 104 Å². The van der Waals surface area contributed by atoms with Crippen LogP contribution in [0.4, 0.5) is 20.2 Å². The van der Waals surface area contributed by atoms with Crippen molar-refractivity contribution in [2.75, 3.05) is 10.6 Å². The van der Waals surface area contributed by atoms with Crippen LogP contribution in [0.3, 0.4) is 0 Å². The SMILES string of the molecule is C=CC[C@H](O)CCn1c(-c2ccc(F)cc2)c(-c2ccccc2)c(C(=O)Nc2ccccc2)c1C(C)C.CC(C)c1c(C(=O)Nc2ccccc2)c(-c2ccccc2)c(-c2ccc(F)cc2)n1CCC=O.II.I[I-]I. The van der Waals surface area contributed by atoms with E-state index in [-0.39, 0.29) is 35.3 Å². The number of aromatic nitrogens is 2. The third kappa shape index (κ3) is 16.9. The van der Waals surface area contributed by atoms with Gasteiger partial charge in [0.2, 0.25) is 0 Å². The molecular formula is C61H60F2I5N4O4-. The van der Waals surface area contributed by atoms with Crippen LogP contribution in [0.5, 0.6) is 0 Å². The van der Waals surface area contributed by atoms with Crippen molar-refractivity contribution in [2.24, 2.45) is 0 Å². The van der Waals surface area contributed by atoms with E-state index in [0.29, 0.717) is 68.1 Å². The second-order valence-corrected chi connectivity index (χ2v) is 34.2. The fourth-order valence-corrected chi connectivity index (χ4v) is 9.19. The molecule has 0 radical (unpaired) electrons. The van der Waals surface area contributed by atoms with Crippen LogP contribution in [0, 0.1) is 11.6 Å². The third-order valence-electron chi connectivity index (χ3n) is 12.2. The summed E-state index contributed by atoms with van der Waals surface area (Å²) >= 11 is 9.54. The number of aliphatic hydroxyl groups excluding tert-OH is 1. The second kappa shape index (κ2) is 32.6. The summed E-state index contributed by atoms with van der Waals surface area (Å²) in [5.74, 6) is -1.08. The summed E-state index contributed by atoms with van der Waals surface area (Å²) in [6, 6.07) is 50.9. The van der Waals surface area contributed by atoms with Crippen LogP contribution in [0.15, 0.2) is 183 Å². The number of rotatable bonds is 18. The van der Waals surface area contributed by atoms with E-state index >= 15 is 0 Å². The Morgan fingerprint density at radius 2 is 0.921 bits per heavy atom.